The molecule has 4 fully saturated rings. The van der Waals surface area contributed by atoms with Crippen LogP contribution in [-0.2, 0) is 14.3 Å². The summed E-state index contributed by atoms with van der Waals surface area (Å²) < 4.78 is 11.4. The predicted molar refractivity (Wildman–Crippen MR) is 62.9 cm³/mol. The number of ketones is 1. The second-order valence-electron chi connectivity index (χ2n) is 6.44. The highest BCUT2D eigenvalue weighted by Crippen LogP contribution is 2.65. The van der Waals surface area contributed by atoms with Gasteiger partial charge in [-0.05, 0) is 23.8 Å². The number of carbonyl (C=O) groups is 1. The van der Waals surface area contributed by atoms with Gasteiger partial charge in [0, 0.05) is 5.92 Å². The Kier molecular flexibility index (Phi) is 1.89. The molecule has 2 saturated carbocycles. The van der Waals surface area contributed by atoms with Crippen molar-refractivity contribution in [1.29, 1.82) is 0 Å². The van der Waals surface area contributed by atoms with Crippen molar-refractivity contribution in [1.82, 2.24) is 0 Å². The Balaban J connectivity index is 1.74. The van der Waals surface area contributed by atoms with Gasteiger partial charge in [0.2, 0.25) is 0 Å². The second-order valence-corrected chi connectivity index (χ2v) is 6.44. The number of hydrogen-bond donors (Lipinski definition) is 1. The van der Waals surface area contributed by atoms with Crippen LogP contribution in [0.5, 0.6) is 0 Å². The first kappa shape index (κ1) is 11.1. The lowest BCUT2D eigenvalue weighted by Crippen LogP contribution is -2.54. The van der Waals surface area contributed by atoms with Gasteiger partial charge in [-0.1, -0.05) is 20.4 Å². The SMILES string of the molecule is C=C1C(=O)[C@H]2O[C@H]2[C@]23O[C@H]2C[C@@H](C(C)C)[C@@H](O)[C@H]13. The van der Waals surface area contributed by atoms with Crippen LogP contribution in [0.2, 0.25) is 0 Å². The first-order valence-electron chi connectivity index (χ1n) is 6.73. The molecule has 0 unspecified atom stereocenters. The van der Waals surface area contributed by atoms with Gasteiger partial charge >= 0.3 is 0 Å². The maximum absolute atomic E-state index is 12.0. The molecule has 98 valence electrons. The van der Waals surface area contributed by atoms with Crippen molar-refractivity contribution in [3.63, 3.8) is 0 Å². The van der Waals surface area contributed by atoms with Gasteiger partial charge in [-0.2, -0.15) is 0 Å². The molecule has 2 aliphatic carbocycles. The van der Waals surface area contributed by atoms with Crippen molar-refractivity contribution in [3.8, 4) is 0 Å². The lowest BCUT2D eigenvalue weighted by atomic mass is 9.61. The Labute approximate surface area is 106 Å². The van der Waals surface area contributed by atoms with Crippen LogP contribution in [0.25, 0.3) is 0 Å². The molecule has 7 atom stereocenters. The highest BCUT2D eigenvalue weighted by molar-refractivity contribution is 6.03. The molecular formula is C14H18O4. The zero-order valence-corrected chi connectivity index (χ0v) is 10.6. The fourth-order valence-corrected chi connectivity index (χ4v) is 4.18. The number of fused-ring (bicyclic) bond motifs is 1. The zero-order chi connectivity index (χ0) is 12.8. The summed E-state index contributed by atoms with van der Waals surface area (Å²) in [6.07, 6.45) is -0.0121. The lowest BCUT2D eigenvalue weighted by molar-refractivity contribution is -0.119. The molecule has 4 aliphatic rings. The third kappa shape index (κ3) is 1.06. The highest BCUT2D eigenvalue weighted by Gasteiger charge is 2.81. The summed E-state index contributed by atoms with van der Waals surface area (Å²) >= 11 is 0. The molecule has 0 bridgehead atoms. The Hall–Kier alpha value is -0.710. The van der Waals surface area contributed by atoms with Gasteiger partial charge < -0.3 is 14.6 Å². The maximum Gasteiger partial charge on any atom is 0.190 e. The van der Waals surface area contributed by atoms with E-state index in [2.05, 4.69) is 20.4 Å². The standard InChI is InChI=1S/C14H18O4/c1-5(2)7-4-8-14(18-8)9(11(7)16)6(3)10(15)12-13(14)17-12/h5,7-9,11-13,16H,3-4H2,1-2H3/t7-,8-,9-,11+,12+,13+,14-/m0/s1. The molecule has 0 aromatic rings. The summed E-state index contributed by atoms with van der Waals surface area (Å²) in [4.78, 5) is 12.0. The number of Topliss-reactive ketones (excluding diaryl/α,β-unsaturated/α-hetero) is 1. The van der Waals surface area contributed by atoms with Crippen molar-refractivity contribution in [3.05, 3.63) is 12.2 Å². The van der Waals surface area contributed by atoms with Crippen LogP contribution in [0, 0.1) is 17.8 Å². The summed E-state index contributed by atoms with van der Waals surface area (Å²) in [5.41, 5.74) is 0.0783. The Morgan fingerprint density at radius 2 is 2.22 bits per heavy atom. The maximum atomic E-state index is 12.0. The molecule has 4 rings (SSSR count). The summed E-state index contributed by atoms with van der Waals surface area (Å²) in [6.45, 7) is 8.11. The van der Waals surface area contributed by atoms with E-state index in [1.54, 1.807) is 0 Å². The van der Waals surface area contributed by atoms with E-state index in [4.69, 9.17) is 9.47 Å². The van der Waals surface area contributed by atoms with Crippen LogP contribution in [-0.4, -0.2) is 40.9 Å². The van der Waals surface area contributed by atoms with E-state index < -0.39 is 11.7 Å². The Bertz CT molecular complexity index is 457. The number of aliphatic hydroxyl groups is 1. The van der Waals surface area contributed by atoms with Crippen molar-refractivity contribution < 1.29 is 19.4 Å². The minimum atomic E-state index is -0.537. The smallest absolute Gasteiger partial charge is 0.190 e. The van der Waals surface area contributed by atoms with E-state index >= 15 is 0 Å². The van der Waals surface area contributed by atoms with E-state index in [1.807, 2.05) is 0 Å². The van der Waals surface area contributed by atoms with Gasteiger partial charge in [0.25, 0.3) is 0 Å². The number of carbonyl (C=O) groups excluding carboxylic acids is 1. The summed E-state index contributed by atoms with van der Waals surface area (Å²) in [5, 5.41) is 10.6. The highest BCUT2D eigenvalue weighted by atomic mass is 16.7. The molecule has 2 saturated heterocycles. The van der Waals surface area contributed by atoms with Crippen molar-refractivity contribution in [2.45, 2.75) is 50.3 Å². The van der Waals surface area contributed by atoms with Crippen LogP contribution in [0.15, 0.2) is 12.2 Å². The van der Waals surface area contributed by atoms with Crippen LogP contribution in [0.4, 0.5) is 0 Å². The predicted octanol–water partition coefficient (Wildman–Crippen LogP) is 0.683. The van der Waals surface area contributed by atoms with E-state index in [-0.39, 0.29) is 35.9 Å². The molecule has 2 aliphatic heterocycles. The third-order valence-corrected chi connectivity index (χ3v) is 5.29. The van der Waals surface area contributed by atoms with E-state index in [0.717, 1.165) is 6.42 Å². The first-order chi connectivity index (χ1) is 8.48. The largest absolute Gasteiger partial charge is 0.392 e. The second kappa shape index (κ2) is 3.06. The van der Waals surface area contributed by atoms with E-state index in [1.165, 1.54) is 0 Å². The minimum Gasteiger partial charge on any atom is -0.392 e. The zero-order valence-electron chi connectivity index (χ0n) is 10.6. The molecule has 1 spiro atoms. The summed E-state index contributed by atoms with van der Waals surface area (Å²) in [6, 6.07) is 0. The molecule has 0 radical (unpaired) electrons. The molecular weight excluding hydrogens is 232 g/mol. The summed E-state index contributed by atoms with van der Waals surface area (Å²) in [7, 11) is 0. The molecule has 0 aromatic carbocycles. The monoisotopic (exact) mass is 250 g/mol. The van der Waals surface area contributed by atoms with Crippen molar-refractivity contribution >= 4 is 5.78 Å². The third-order valence-electron chi connectivity index (χ3n) is 5.29. The molecule has 2 heterocycles. The molecule has 4 nitrogen and oxygen atoms in total. The lowest BCUT2D eigenvalue weighted by Gasteiger charge is -2.41. The molecule has 18 heavy (non-hydrogen) atoms. The van der Waals surface area contributed by atoms with Crippen LogP contribution in [0.3, 0.4) is 0 Å². The van der Waals surface area contributed by atoms with Crippen molar-refractivity contribution in [2.24, 2.45) is 17.8 Å². The average molecular weight is 250 g/mol. The van der Waals surface area contributed by atoms with Gasteiger partial charge in [0.05, 0.1) is 12.2 Å². The normalized spacial score (nSPS) is 56.9. The van der Waals surface area contributed by atoms with Crippen LogP contribution >= 0.6 is 0 Å². The fourth-order valence-electron chi connectivity index (χ4n) is 4.18. The topological polar surface area (TPSA) is 62.4 Å². The average Bonchev–Trinajstić information content (AvgIpc) is 3.17. The molecule has 0 amide bonds. The molecule has 4 heteroatoms. The number of aliphatic hydroxyl groups excluding tert-OH is 1. The molecule has 0 aromatic heterocycles. The first-order valence-corrected chi connectivity index (χ1v) is 6.73. The number of hydrogen-bond acceptors (Lipinski definition) is 4. The van der Waals surface area contributed by atoms with Gasteiger partial charge in [0.15, 0.2) is 5.78 Å². The number of epoxide rings is 2. The quantitative estimate of drug-likeness (QED) is 0.549. The summed E-state index contributed by atoms with van der Waals surface area (Å²) in [5.74, 6) is 0.256. The van der Waals surface area contributed by atoms with Crippen LogP contribution in [0.1, 0.15) is 20.3 Å². The van der Waals surface area contributed by atoms with E-state index in [0.29, 0.717) is 11.5 Å². The van der Waals surface area contributed by atoms with Gasteiger partial charge in [-0.15, -0.1) is 0 Å². The Morgan fingerprint density at radius 3 is 2.89 bits per heavy atom. The van der Waals surface area contributed by atoms with E-state index in [9.17, 15) is 9.90 Å². The van der Waals surface area contributed by atoms with Gasteiger partial charge in [0.1, 0.15) is 17.8 Å². The van der Waals surface area contributed by atoms with Gasteiger partial charge in [-0.25, -0.2) is 0 Å². The number of ether oxygens (including phenoxy) is 2. The number of rotatable bonds is 1. The van der Waals surface area contributed by atoms with Crippen LogP contribution < -0.4 is 0 Å². The fraction of sp³-hybridized carbons (Fsp3) is 0.786. The van der Waals surface area contributed by atoms with Crippen molar-refractivity contribution in [2.75, 3.05) is 0 Å². The molecule has 1 N–H and O–H groups in total. The van der Waals surface area contributed by atoms with Gasteiger partial charge in [-0.3, -0.25) is 4.79 Å². The Morgan fingerprint density at radius 1 is 1.50 bits per heavy atom. The minimum absolute atomic E-state index is 0.0340.